The molecular weight excluding hydrogens is 449 g/mol. The zero-order valence-electron chi connectivity index (χ0n) is 18.8. The maximum absolute atomic E-state index is 13.9. The number of carbonyl (C=O) groups excluding carboxylic acids is 1. The van der Waals surface area contributed by atoms with Gasteiger partial charge in [-0.3, -0.25) is 4.79 Å². The maximum atomic E-state index is 13.9. The van der Waals surface area contributed by atoms with E-state index in [1.165, 1.54) is 20.3 Å². The van der Waals surface area contributed by atoms with E-state index in [1.54, 1.807) is 24.3 Å². The first-order valence-electron chi connectivity index (χ1n) is 10.2. The second kappa shape index (κ2) is 8.69. The van der Waals surface area contributed by atoms with Gasteiger partial charge in [0.1, 0.15) is 5.56 Å². The van der Waals surface area contributed by atoms with Crippen LogP contribution in [0, 0.1) is 13.8 Å². The number of halogens is 3. The van der Waals surface area contributed by atoms with Crippen molar-refractivity contribution in [3.05, 3.63) is 71.0 Å². The Bertz CT molecular complexity index is 1400. The molecule has 0 aliphatic rings. The standard InChI is InChI=1S/C24H21F3N4O3/c1-13-6-5-7-17(14(13)2)30-23(32)16-12-28-31-21(24(25,26)27)11-18(29-22(16)31)15-8-9-19(33-3)20(10-15)34-4/h5-12H,1-4H3,(H,30,32). The fourth-order valence-corrected chi connectivity index (χ4v) is 3.54. The highest BCUT2D eigenvalue weighted by Gasteiger charge is 2.36. The first-order chi connectivity index (χ1) is 16.1. The lowest BCUT2D eigenvalue weighted by Gasteiger charge is -2.13. The van der Waals surface area contributed by atoms with Crippen molar-refractivity contribution in [3.63, 3.8) is 0 Å². The second-order valence-corrected chi connectivity index (χ2v) is 7.59. The average Bonchev–Trinajstić information content (AvgIpc) is 3.24. The molecule has 4 rings (SSSR count). The Hall–Kier alpha value is -4.08. The van der Waals surface area contributed by atoms with Crippen molar-refractivity contribution >= 4 is 17.2 Å². The molecule has 2 aromatic heterocycles. The molecule has 1 N–H and O–H groups in total. The highest BCUT2D eigenvalue weighted by atomic mass is 19.4. The molecule has 0 radical (unpaired) electrons. The summed E-state index contributed by atoms with van der Waals surface area (Å²) in [6, 6.07) is 10.9. The monoisotopic (exact) mass is 470 g/mol. The van der Waals surface area contributed by atoms with E-state index in [-0.39, 0.29) is 16.9 Å². The van der Waals surface area contributed by atoms with Gasteiger partial charge in [-0.05, 0) is 55.3 Å². The lowest BCUT2D eigenvalue weighted by atomic mass is 10.1. The zero-order chi connectivity index (χ0) is 24.6. The third-order valence-electron chi connectivity index (χ3n) is 5.54. The molecule has 0 saturated carbocycles. The highest BCUT2D eigenvalue weighted by molar-refractivity contribution is 6.08. The molecule has 0 fully saturated rings. The number of rotatable bonds is 5. The number of fused-ring (bicyclic) bond motifs is 1. The van der Waals surface area contributed by atoms with Crippen molar-refractivity contribution in [2.24, 2.45) is 0 Å². The lowest BCUT2D eigenvalue weighted by molar-refractivity contribution is -0.142. The Labute approximate surface area is 193 Å². The van der Waals surface area contributed by atoms with Gasteiger partial charge >= 0.3 is 6.18 Å². The second-order valence-electron chi connectivity index (χ2n) is 7.59. The molecule has 0 bridgehead atoms. The molecule has 4 aromatic rings. The van der Waals surface area contributed by atoms with Crippen LogP contribution in [0.2, 0.25) is 0 Å². The largest absolute Gasteiger partial charge is 0.493 e. The van der Waals surface area contributed by atoms with Crippen LogP contribution in [-0.4, -0.2) is 34.7 Å². The van der Waals surface area contributed by atoms with Gasteiger partial charge in [0.15, 0.2) is 22.8 Å². The normalized spacial score (nSPS) is 11.5. The average molecular weight is 470 g/mol. The molecule has 0 saturated heterocycles. The van der Waals surface area contributed by atoms with E-state index in [4.69, 9.17) is 9.47 Å². The Balaban J connectivity index is 1.86. The fourth-order valence-electron chi connectivity index (χ4n) is 3.54. The van der Waals surface area contributed by atoms with Crippen molar-refractivity contribution in [3.8, 4) is 22.8 Å². The topological polar surface area (TPSA) is 77.8 Å². The molecule has 1 amide bonds. The van der Waals surface area contributed by atoms with E-state index >= 15 is 0 Å². The van der Waals surface area contributed by atoms with Gasteiger partial charge in [-0.1, -0.05) is 12.1 Å². The number of aryl methyl sites for hydroxylation is 1. The SMILES string of the molecule is COc1ccc(-c2cc(C(F)(F)F)n3ncc(C(=O)Nc4cccc(C)c4C)c3n2)cc1OC. The molecule has 2 aromatic carbocycles. The number of nitrogens with one attached hydrogen (secondary N) is 1. The minimum absolute atomic E-state index is 0.00191. The molecule has 0 unspecified atom stereocenters. The summed E-state index contributed by atoms with van der Waals surface area (Å²) >= 11 is 0. The van der Waals surface area contributed by atoms with E-state index in [1.807, 2.05) is 19.9 Å². The van der Waals surface area contributed by atoms with Gasteiger partial charge in [-0.25, -0.2) is 9.50 Å². The molecule has 34 heavy (non-hydrogen) atoms. The molecule has 0 spiro atoms. The molecule has 7 nitrogen and oxygen atoms in total. The number of alkyl halides is 3. The Morgan fingerprint density at radius 2 is 1.76 bits per heavy atom. The van der Waals surface area contributed by atoms with Gasteiger partial charge in [0.25, 0.3) is 5.91 Å². The van der Waals surface area contributed by atoms with Crippen molar-refractivity contribution in [2.45, 2.75) is 20.0 Å². The molecule has 0 aliphatic carbocycles. The summed E-state index contributed by atoms with van der Waals surface area (Å²) in [5, 5.41) is 6.56. The zero-order valence-corrected chi connectivity index (χ0v) is 18.8. The van der Waals surface area contributed by atoms with E-state index in [0.29, 0.717) is 27.3 Å². The van der Waals surface area contributed by atoms with Crippen LogP contribution in [0.4, 0.5) is 18.9 Å². The third kappa shape index (κ3) is 4.14. The van der Waals surface area contributed by atoms with E-state index < -0.39 is 17.8 Å². The predicted octanol–water partition coefficient (Wildman–Crippen LogP) is 5.30. The number of aromatic nitrogens is 3. The number of benzene rings is 2. The number of hydrogen-bond acceptors (Lipinski definition) is 5. The van der Waals surface area contributed by atoms with Crippen LogP contribution in [0.15, 0.2) is 48.7 Å². The van der Waals surface area contributed by atoms with Crippen LogP contribution < -0.4 is 14.8 Å². The van der Waals surface area contributed by atoms with Gasteiger partial charge in [-0.2, -0.15) is 18.3 Å². The summed E-state index contributed by atoms with van der Waals surface area (Å²) in [4.78, 5) is 17.4. The van der Waals surface area contributed by atoms with Crippen molar-refractivity contribution in [1.29, 1.82) is 0 Å². The summed E-state index contributed by atoms with van der Waals surface area (Å²) in [5.41, 5.74) is 1.35. The molecule has 2 heterocycles. The van der Waals surface area contributed by atoms with Crippen LogP contribution in [0.25, 0.3) is 16.9 Å². The molecule has 0 aliphatic heterocycles. The minimum atomic E-state index is -4.74. The Morgan fingerprint density at radius 1 is 1.03 bits per heavy atom. The number of hydrogen-bond donors (Lipinski definition) is 1. The number of amides is 1. The van der Waals surface area contributed by atoms with Crippen LogP contribution in [0.3, 0.4) is 0 Å². The minimum Gasteiger partial charge on any atom is -0.493 e. The van der Waals surface area contributed by atoms with Gasteiger partial charge < -0.3 is 14.8 Å². The number of ether oxygens (including phenoxy) is 2. The number of methoxy groups -OCH3 is 2. The van der Waals surface area contributed by atoms with E-state index in [9.17, 15) is 18.0 Å². The Kier molecular flexibility index (Phi) is 5.90. The molecule has 10 heteroatoms. The molecule has 176 valence electrons. The first-order valence-corrected chi connectivity index (χ1v) is 10.2. The number of nitrogens with zero attached hydrogens (tertiary/aromatic N) is 3. The third-order valence-corrected chi connectivity index (χ3v) is 5.54. The van der Waals surface area contributed by atoms with Crippen molar-refractivity contribution in [1.82, 2.24) is 14.6 Å². The van der Waals surface area contributed by atoms with Crippen molar-refractivity contribution < 1.29 is 27.4 Å². The quantitative estimate of drug-likeness (QED) is 0.428. The predicted molar refractivity (Wildman–Crippen MR) is 120 cm³/mol. The van der Waals surface area contributed by atoms with Crippen molar-refractivity contribution in [2.75, 3.05) is 19.5 Å². The molecule has 0 atom stereocenters. The number of anilines is 1. The highest BCUT2D eigenvalue weighted by Crippen LogP contribution is 2.36. The summed E-state index contributed by atoms with van der Waals surface area (Å²) in [6.07, 6.45) is -3.66. The van der Waals surface area contributed by atoms with Crippen LogP contribution in [-0.2, 0) is 6.18 Å². The smallest absolute Gasteiger partial charge is 0.433 e. The summed E-state index contributed by atoms with van der Waals surface area (Å²) < 4.78 is 52.8. The molecular formula is C24H21F3N4O3. The van der Waals surface area contributed by atoms with Gasteiger partial charge in [0.2, 0.25) is 0 Å². The van der Waals surface area contributed by atoms with Gasteiger partial charge in [0.05, 0.1) is 26.1 Å². The van der Waals surface area contributed by atoms with Crippen LogP contribution in [0.1, 0.15) is 27.2 Å². The summed E-state index contributed by atoms with van der Waals surface area (Å²) in [6.45, 7) is 3.74. The first kappa shape index (κ1) is 23.1. The van der Waals surface area contributed by atoms with Crippen LogP contribution in [0.5, 0.6) is 11.5 Å². The van der Waals surface area contributed by atoms with E-state index in [2.05, 4.69) is 15.4 Å². The summed E-state index contributed by atoms with van der Waals surface area (Å²) in [5.74, 6) is 0.131. The Morgan fingerprint density at radius 3 is 2.44 bits per heavy atom. The van der Waals surface area contributed by atoms with Crippen LogP contribution >= 0.6 is 0 Å². The van der Waals surface area contributed by atoms with Gasteiger partial charge in [-0.15, -0.1) is 0 Å². The van der Waals surface area contributed by atoms with E-state index in [0.717, 1.165) is 23.4 Å². The maximum Gasteiger partial charge on any atom is 0.433 e. The summed E-state index contributed by atoms with van der Waals surface area (Å²) in [7, 11) is 2.88. The van der Waals surface area contributed by atoms with Gasteiger partial charge in [0, 0.05) is 11.3 Å². The lowest BCUT2D eigenvalue weighted by Crippen LogP contribution is -2.16. The number of carbonyl (C=O) groups is 1. The fraction of sp³-hybridized carbons (Fsp3) is 0.208.